The third-order valence-electron chi connectivity index (χ3n) is 3.85. The third kappa shape index (κ3) is 5.77. The van der Waals surface area contributed by atoms with Crippen molar-refractivity contribution in [3.05, 3.63) is 60.1 Å². The lowest BCUT2D eigenvalue weighted by Gasteiger charge is -2.26. The Hall–Kier alpha value is -3.09. The highest BCUT2D eigenvalue weighted by molar-refractivity contribution is 5.97. The van der Waals surface area contributed by atoms with Crippen LogP contribution in [0.25, 0.3) is 0 Å². The van der Waals surface area contributed by atoms with Crippen LogP contribution in [0, 0.1) is 0 Å². The normalized spacial score (nSPS) is 11.6. The summed E-state index contributed by atoms with van der Waals surface area (Å²) in [5, 5.41) is 11.5. The molecule has 26 heavy (non-hydrogen) atoms. The Morgan fingerprint density at radius 3 is 2.54 bits per heavy atom. The average Bonchev–Trinajstić information content (AvgIpc) is 3.15. The van der Waals surface area contributed by atoms with Crippen molar-refractivity contribution in [3.63, 3.8) is 0 Å². The summed E-state index contributed by atoms with van der Waals surface area (Å²) in [5.74, 6) is -1.57. The minimum atomic E-state index is -0.904. The molecule has 1 atom stereocenters. The molecule has 0 saturated heterocycles. The number of carboxylic acids is 1. The summed E-state index contributed by atoms with van der Waals surface area (Å²) in [6.45, 7) is 2.26. The van der Waals surface area contributed by atoms with Crippen molar-refractivity contribution in [2.45, 2.75) is 32.4 Å². The summed E-state index contributed by atoms with van der Waals surface area (Å²) in [6, 6.07) is 10.2. The van der Waals surface area contributed by atoms with Crippen LogP contribution >= 0.6 is 0 Å². The Morgan fingerprint density at radius 1 is 1.19 bits per heavy atom. The number of carboxylic acid groups (broad SMARTS) is 1. The maximum atomic E-state index is 12.8. The van der Waals surface area contributed by atoms with Gasteiger partial charge in [0.1, 0.15) is 12.3 Å². The van der Waals surface area contributed by atoms with Crippen molar-refractivity contribution >= 4 is 17.8 Å². The molecule has 0 saturated carbocycles. The summed E-state index contributed by atoms with van der Waals surface area (Å²) >= 11 is 0. The Balaban J connectivity index is 2.02. The maximum absolute atomic E-state index is 12.8. The molecule has 2 N–H and O–H groups in total. The van der Waals surface area contributed by atoms with Crippen LogP contribution in [-0.4, -0.2) is 40.4 Å². The molecule has 1 aromatic carbocycles. The van der Waals surface area contributed by atoms with E-state index in [0.29, 0.717) is 25.1 Å². The zero-order chi connectivity index (χ0) is 18.9. The van der Waals surface area contributed by atoms with Crippen molar-refractivity contribution in [2.24, 2.45) is 0 Å². The Labute approximate surface area is 151 Å². The van der Waals surface area contributed by atoms with E-state index >= 15 is 0 Å². The van der Waals surface area contributed by atoms with E-state index in [-0.39, 0.29) is 12.3 Å². The molecule has 0 radical (unpaired) electrons. The third-order valence-corrected chi connectivity index (χ3v) is 3.85. The molecular formula is C19H22N2O5. The average molecular weight is 358 g/mol. The van der Waals surface area contributed by atoms with Crippen molar-refractivity contribution in [1.82, 2.24) is 10.2 Å². The molecule has 138 valence electrons. The molecule has 7 heteroatoms. The molecular weight excluding hydrogens is 336 g/mol. The van der Waals surface area contributed by atoms with Gasteiger partial charge in [-0.05, 0) is 25.0 Å². The summed E-state index contributed by atoms with van der Waals surface area (Å²) in [7, 11) is 0. The second kappa shape index (κ2) is 9.41. The van der Waals surface area contributed by atoms with Gasteiger partial charge >= 0.3 is 5.97 Å². The predicted molar refractivity (Wildman–Crippen MR) is 94.4 cm³/mol. The van der Waals surface area contributed by atoms with Gasteiger partial charge < -0.3 is 19.7 Å². The number of aliphatic carboxylic acids is 1. The molecule has 0 aliphatic carbocycles. The van der Waals surface area contributed by atoms with Crippen molar-refractivity contribution < 1.29 is 23.9 Å². The van der Waals surface area contributed by atoms with E-state index in [0.717, 1.165) is 5.56 Å². The molecule has 2 rings (SSSR count). The number of hydrogen-bond acceptors (Lipinski definition) is 4. The smallest absolute Gasteiger partial charge is 0.303 e. The number of nitrogens with one attached hydrogen (secondary N) is 1. The summed E-state index contributed by atoms with van der Waals surface area (Å²) in [5.41, 5.74) is 1.27. The van der Waals surface area contributed by atoms with Crippen molar-refractivity contribution in [3.8, 4) is 0 Å². The molecule has 2 amide bonds. The number of amides is 2. The van der Waals surface area contributed by atoms with Gasteiger partial charge in [0.15, 0.2) is 0 Å². The molecule has 0 aliphatic rings. The maximum Gasteiger partial charge on any atom is 0.303 e. The first-order valence-corrected chi connectivity index (χ1v) is 8.35. The van der Waals surface area contributed by atoms with E-state index in [4.69, 9.17) is 9.52 Å². The summed E-state index contributed by atoms with van der Waals surface area (Å²) in [4.78, 5) is 37.2. The highest BCUT2D eigenvalue weighted by Gasteiger charge is 2.23. The van der Waals surface area contributed by atoms with Crippen LogP contribution in [0.4, 0.5) is 0 Å². The van der Waals surface area contributed by atoms with Gasteiger partial charge in [0.25, 0.3) is 5.91 Å². The minimum absolute atomic E-state index is 0.0195. The lowest BCUT2D eigenvalue weighted by Crippen LogP contribution is -2.47. The predicted octanol–water partition coefficient (Wildman–Crippen LogP) is 2.29. The van der Waals surface area contributed by atoms with Gasteiger partial charge in [-0.1, -0.05) is 30.3 Å². The number of carbonyl (C=O) groups is 3. The van der Waals surface area contributed by atoms with Gasteiger partial charge in [-0.25, -0.2) is 0 Å². The SMILES string of the molecule is CC(NC(=O)c1ccoc1)C(=O)N(CCCC(=O)O)Cc1ccccc1. The van der Waals surface area contributed by atoms with Gasteiger partial charge in [-0.15, -0.1) is 0 Å². The largest absolute Gasteiger partial charge is 0.481 e. The van der Waals surface area contributed by atoms with Gasteiger partial charge in [0, 0.05) is 19.5 Å². The summed E-state index contributed by atoms with van der Waals surface area (Å²) < 4.78 is 4.87. The fourth-order valence-corrected chi connectivity index (χ4v) is 2.50. The molecule has 2 aromatic rings. The van der Waals surface area contributed by atoms with E-state index in [1.165, 1.54) is 18.6 Å². The molecule has 0 spiro atoms. The number of furan rings is 1. The summed E-state index contributed by atoms with van der Waals surface area (Å²) in [6.07, 6.45) is 3.01. The number of benzene rings is 1. The first-order valence-electron chi connectivity index (χ1n) is 8.35. The van der Waals surface area contributed by atoms with Crippen molar-refractivity contribution in [2.75, 3.05) is 6.54 Å². The zero-order valence-electron chi connectivity index (χ0n) is 14.6. The number of nitrogens with zero attached hydrogens (tertiary/aromatic N) is 1. The highest BCUT2D eigenvalue weighted by atomic mass is 16.4. The van der Waals surface area contributed by atoms with E-state index < -0.39 is 17.9 Å². The second-order valence-corrected chi connectivity index (χ2v) is 5.95. The van der Waals surface area contributed by atoms with Crippen LogP contribution in [0.3, 0.4) is 0 Å². The number of carbonyl (C=O) groups excluding carboxylic acids is 2. The number of hydrogen-bond donors (Lipinski definition) is 2. The fraction of sp³-hybridized carbons (Fsp3) is 0.316. The lowest BCUT2D eigenvalue weighted by molar-refractivity contribution is -0.138. The Bertz CT molecular complexity index is 728. The van der Waals surface area contributed by atoms with Gasteiger partial charge in [-0.3, -0.25) is 14.4 Å². The second-order valence-electron chi connectivity index (χ2n) is 5.95. The molecule has 7 nitrogen and oxygen atoms in total. The first kappa shape index (κ1) is 19.2. The van der Waals surface area contributed by atoms with E-state index in [1.54, 1.807) is 11.8 Å². The monoisotopic (exact) mass is 358 g/mol. The van der Waals surface area contributed by atoms with Crippen LogP contribution in [0.1, 0.15) is 35.7 Å². The lowest BCUT2D eigenvalue weighted by atomic mass is 10.1. The van der Waals surface area contributed by atoms with Crippen LogP contribution in [0.15, 0.2) is 53.3 Å². The Morgan fingerprint density at radius 2 is 1.92 bits per heavy atom. The van der Waals surface area contributed by atoms with Crippen LogP contribution in [0.2, 0.25) is 0 Å². The molecule has 0 fully saturated rings. The van der Waals surface area contributed by atoms with Gasteiger partial charge in [0.2, 0.25) is 5.91 Å². The Kier molecular flexibility index (Phi) is 6.96. The van der Waals surface area contributed by atoms with Crippen molar-refractivity contribution in [1.29, 1.82) is 0 Å². The first-order chi connectivity index (χ1) is 12.5. The standard InChI is InChI=1S/C19H22N2O5/c1-14(20-18(24)16-9-11-26-13-16)19(25)21(10-5-8-17(22)23)12-15-6-3-2-4-7-15/h2-4,6-7,9,11,13-14H,5,8,10,12H2,1H3,(H,20,24)(H,22,23). The van der Waals surface area contributed by atoms with Crippen LogP contribution in [-0.2, 0) is 16.1 Å². The molecule has 1 unspecified atom stereocenters. The van der Waals surface area contributed by atoms with Gasteiger partial charge in [-0.2, -0.15) is 0 Å². The van der Waals surface area contributed by atoms with Gasteiger partial charge in [0.05, 0.1) is 11.8 Å². The van der Waals surface area contributed by atoms with E-state index in [2.05, 4.69) is 5.32 Å². The van der Waals surface area contributed by atoms with E-state index in [1.807, 2.05) is 30.3 Å². The number of rotatable bonds is 9. The molecule has 1 heterocycles. The minimum Gasteiger partial charge on any atom is -0.481 e. The molecule has 1 aromatic heterocycles. The van der Waals surface area contributed by atoms with Crippen LogP contribution < -0.4 is 5.32 Å². The quantitative estimate of drug-likeness (QED) is 0.716. The topological polar surface area (TPSA) is 99.9 Å². The molecule has 0 bridgehead atoms. The zero-order valence-corrected chi connectivity index (χ0v) is 14.6. The highest BCUT2D eigenvalue weighted by Crippen LogP contribution is 2.09. The van der Waals surface area contributed by atoms with Crippen LogP contribution in [0.5, 0.6) is 0 Å². The fourth-order valence-electron chi connectivity index (χ4n) is 2.50. The van der Waals surface area contributed by atoms with E-state index in [9.17, 15) is 14.4 Å². The molecule has 0 aliphatic heterocycles.